The summed E-state index contributed by atoms with van der Waals surface area (Å²) in [4.78, 5) is 11.6. The standard InChI is InChI=1S/C15H22O3/c1-10(11-4-5-15(2,3)7-11)6-13-12(8-16)9-18-14(13)17/h7,10,16H,4-6,8-9H2,1-3H3. The van der Waals surface area contributed by atoms with E-state index in [1.165, 1.54) is 12.0 Å². The Morgan fingerprint density at radius 3 is 2.78 bits per heavy atom. The van der Waals surface area contributed by atoms with Crippen LogP contribution in [0.5, 0.6) is 0 Å². The van der Waals surface area contributed by atoms with Crippen molar-refractivity contribution in [2.24, 2.45) is 11.3 Å². The van der Waals surface area contributed by atoms with Crippen molar-refractivity contribution in [1.82, 2.24) is 0 Å². The molecule has 1 aliphatic carbocycles. The third-order valence-corrected chi connectivity index (χ3v) is 4.02. The van der Waals surface area contributed by atoms with E-state index >= 15 is 0 Å². The predicted octanol–water partition coefficient (Wildman–Crippen LogP) is 2.60. The molecule has 1 atom stereocenters. The quantitative estimate of drug-likeness (QED) is 0.616. The molecule has 0 aromatic rings. The second kappa shape index (κ2) is 4.88. The van der Waals surface area contributed by atoms with Crippen molar-refractivity contribution in [2.75, 3.05) is 13.2 Å². The van der Waals surface area contributed by atoms with E-state index in [0.717, 1.165) is 12.0 Å². The molecule has 0 bridgehead atoms. The van der Waals surface area contributed by atoms with Crippen LogP contribution in [0.25, 0.3) is 0 Å². The van der Waals surface area contributed by atoms with Gasteiger partial charge < -0.3 is 9.84 Å². The summed E-state index contributed by atoms with van der Waals surface area (Å²) in [5.41, 5.74) is 3.17. The first-order valence-electron chi connectivity index (χ1n) is 6.63. The van der Waals surface area contributed by atoms with E-state index in [1.807, 2.05) is 0 Å². The number of rotatable bonds is 4. The van der Waals surface area contributed by atoms with Gasteiger partial charge in [0.1, 0.15) is 6.61 Å². The molecule has 2 aliphatic rings. The van der Waals surface area contributed by atoms with Crippen LogP contribution in [0.4, 0.5) is 0 Å². The topological polar surface area (TPSA) is 46.5 Å². The molecule has 2 rings (SSSR count). The van der Waals surface area contributed by atoms with Crippen LogP contribution in [0.1, 0.15) is 40.0 Å². The molecular formula is C15H22O3. The summed E-state index contributed by atoms with van der Waals surface area (Å²) in [6.07, 6.45) is 5.34. The molecule has 100 valence electrons. The summed E-state index contributed by atoms with van der Waals surface area (Å²) in [7, 11) is 0. The van der Waals surface area contributed by atoms with Crippen LogP contribution >= 0.6 is 0 Å². The molecule has 18 heavy (non-hydrogen) atoms. The maximum Gasteiger partial charge on any atom is 0.334 e. The van der Waals surface area contributed by atoms with Crippen LogP contribution in [0, 0.1) is 11.3 Å². The lowest BCUT2D eigenvalue weighted by molar-refractivity contribution is -0.136. The molecule has 1 aliphatic heterocycles. The number of carbonyl (C=O) groups is 1. The first kappa shape index (κ1) is 13.3. The maximum absolute atomic E-state index is 11.6. The Hall–Kier alpha value is -1.09. The minimum atomic E-state index is -0.247. The van der Waals surface area contributed by atoms with E-state index < -0.39 is 0 Å². The van der Waals surface area contributed by atoms with E-state index in [1.54, 1.807) is 0 Å². The molecule has 1 heterocycles. The Balaban J connectivity index is 2.08. The minimum absolute atomic E-state index is 0.0711. The van der Waals surface area contributed by atoms with Gasteiger partial charge >= 0.3 is 5.97 Å². The second-order valence-electron chi connectivity index (χ2n) is 6.13. The molecular weight excluding hydrogens is 228 g/mol. The molecule has 3 nitrogen and oxygen atoms in total. The highest BCUT2D eigenvalue weighted by atomic mass is 16.5. The fourth-order valence-electron chi connectivity index (χ4n) is 2.78. The average molecular weight is 250 g/mol. The monoisotopic (exact) mass is 250 g/mol. The van der Waals surface area contributed by atoms with E-state index in [2.05, 4.69) is 26.8 Å². The molecule has 0 saturated carbocycles. The SMILES string of the molecule is CC(CC1=C(CO)COC1=O)C1=CC(C)(C)CC1. The van der Waals surface area contributed by atoms with Crippen molar-refractivity contribution in [3.8, 4) is 0 Å². The van der Waals surface area contributed by atoms with Crippen LogP contribution in [-0.4, -0.2) is 24.3 Å². The van der Waals surface area contributed by atoms with Gasteiger partial charge in [-0.2, -0.15) is 0 Å². The van der Waals surface area contributed by atoms with Gasteiger partial charge in [0, 0.05) is 11.1 Å². The fourth-order valence-corrected chi connectivity index (χ4v) is 2.78. The van der Waals surface area contributed by atoms with Gasteiger partial charge in [0.25, 0.3) is 0 Å². The molecule has 0 fully saturated rings. The van der Waals surface area contributed by atoms with Gasteiger partial charge in [-0.25, -0.2) is 4.79 Å². The van der Waals surface area contributed by atoms with Crippen LogP contribution in [0.3, 0.4) is 0 Å². The van der Waals surface area contributed by atoms with Crippen LogP contribution in [0.15, 0.2) is 22.8 Å². The van der Waals surface area contributed by atoms with Crippen molar-refractivity contribution in [2.45, 2.75) is 40.0 Å². The van der Waals surface area contributed by atoms with Crippen molar-refractivity contribution < 1.29 is 14.6 Å². The van der Waals surface area contributed by atoms with Gasteiger partial charge in [-0.1, -0.05) is 32.4 Å². The molecule has 0 radical (unpaired) electrons. The Labute approximate surface area is 109 Å². The molecule has 1 N–H and O–H groups in total. The van der Waals surface area contributed by atoms with Gasteiger partial charge in [0.2, 0.25) is 0 Å². The van der Waals surface area contributed by atoms with Gasteiger partial charge in [0.05, 0.1) is 6.61 Å². The highest BCUT2D eigenvalue weighted by Gasteiger charge is 2.29. The first-order chi connectivity index (χ1) is 8.43. The number of allylic oxidation sites excluding steroid dienone is 2. The lowest BCUT2D eigenvalue weighted by atomic mass is 9.91. The number of cyclic esters (lactones) is 1. The van der Waals surface area contributed by atoms with Crippen LogP contribution < -0.4 is 0 Å². The first-order valence-corrected chi connectivity index (χ1v) is 6.63. The number of carbonyl (C=O) groups excluding carboxylic acids is 1. The summed E-state index contributed by atoms with van der Waals surface area (Å²) in [6.45, 7) is 6.84. The zero-order valence-electron chi connectivity index (χ0n) is 11.5. The van der Waals surface area contributed by atoms with Crippen LogP contribution in [-0.2, 0) is 9.53 Å². The zero-order valence-corrected chi connectivity index (χ0v) is 11.5. The molecule has 1 unspecified atom stereocenters. The van der Waals surface area contributed by atoms with E-state index in [-0.39, 0.29) is 24.6 Å². The van der Waals surface area contributed by atoms with Crippen molar-refractivity contribution in [1.29, 1.82) is 0 Å². The smallest absolute Gasteiger partial charge is 0.334 e. The molecule has 0 spiro atoms. The summed E-state index contributed by atoms with van der Waals surface area (Å²) >= 11 is 0. The largest absolute Gasteiger partial charge is 0.458 e. The van der Waals surface area contributed by atoms with Crippen LogP contribution in [0.2, 0.25) is 0 Å². The summed E-state index contributed by atoms with van der Waals surface area (Å²) in [6, 6.07) is 0. The summed E-state index contributed by atoms with van der Waals surface area (Å²) in [5.74, 6) is 0.109. The Morgan fingerprint density at radius 2 is 2.22 bits per heavy atom. The molecule has 3 heteroatoms. The summed E-state index contributed by atoms with van der Waals surface area (Å²) in [5, 5.41) is 9.21. The number of esters is 1. The van der Waals surface area contributed by atoms with Gasteiger partial charge in [-0.3, -0.25) is 0 Å². The minimum Gasteiger partial charge on any atom is -0.458 e. The number of aliphatic hydroxyl groups is 1. The van der Waals surface area contributed by atoms with Gasteiger partial charge in [-0.05, 0) is 30.6 Å². The highest BCUT2D eigenvalue weighted by molar-refractivity contribution is 5.91. The lowest BCUT2D eigenvalue weighted by Gasteiger charge is -2.13. The number of ether oxygens (including phenoxy) is 1. The third kappa shape index (κ3) is 2.66. The maximum atomic E-state index is 11.6. The average Bonchev–Trinajstić information content (AvgIpc) is 2.83. The lowest BCUT2D eigenvalue weighted by Crippen LogP contribution is -2.07. The number of hydrogen-bond donors (Lipinski definition) is 1. The Morgan fingerprint density at radius 1 is 1.50 bits per heavy atom. The molecule has 0 amide bonds. The zero-order chi connectivity index (χ0) is 13.3. The van der Waals surface area contributed by atoms with Crippen molar-refractivity contribution in [3.63, 3.8) is 0 Å². The third-order valence-electron chi connectivity index (χ3n) is 4.02. The predicted molar refractivity (Wildman–Crippen MR) is 69.9 cm³/mol. The van der Waals surface area contributed by atoms with E-state index in [4.69, 9.17) is 4.74 Å². The van der Waals surface area contributed by atoms with E-state index in [9.17, 15) is 9.90 Å². The highest BCUT2D eigenvalue weighted by Crippen LogP contribution is 2.40. The number of hydrogen-bond acceptors (Lipinski definition) is 3. The molecule has 0 aromatic heterocycles. The van der Waals surface area contributed by atoms with Gasteiger partial charge in [0.15, 0.2) is 0 Å². The second-order valence-corrected chi connectivity index (χ2v) is 6.13. The van der Waals surface area contributed by atoms with E-state index in [0.29, 0.717) is 17.9 Å². The van der Waals surface area contributed by atoms with Crippen molar-refractivity contribution >= 4 is 5.97 Å². The summed E-state index contributed by atoms with van der Waals surface area (Å²) < 4.78 is 4.98. The molecule has 0 aromatic carbocycles. The Bertz CT molecular complexity index is 415. The number of aliphatic hydroxyl groups excluding tert-OH is 1. The normalized spacial score (nSPS) is 24.2. The molecule has 0 saturated heterocycles. The van der Waals surface area contributed by atoms with Crippen molar-refractivity contribution in [3.05, 3.63) is 22.8 Å². The van der Waals surface area contributed by atoms with Gasteiger partial charge in [-0.15, -0.1) is 0 Å². The fraction of sp³-hybridized carbons (Fsp3) is 0.667. The Kier molecular flexibility index (Phi) is 3.62.